The van der Waals surface area contributed by atoms with E-state index < -0.39 is 0 Å². The number of anilines is 1. The second kappa shape index (κ2) is 5.79. The molecule has 0 aliphatic carbocycles. The van der Waals surface area contributed by atoms with Gasteiger partial charge >= 0.3 is 0 Å². The second-order valence-corrected chi connectivity index (χ2v) is 7.62. The molecule has 1 N–H and O–H groups in total. The maximum absolute atomic E-state index is 12.6. The molecule has 3 heterocycles. The molecule has 0 unspecified atom stereocenters. The Bertz CT molecular complexity index is 1070. The lowest BCUT2D eigenvalue weighted by Crippen LogP contribution is -2.22. The highest BCUT2D eigenvalue weighted by molar-refractivity contribution is 6.04. The predicted molar refractivity (Wildman–Crippen MR) is 99.5 cm³/mol. The molecule has 1 aliphatic rings. The van der Waals surface area contributed by atoms with Crippen molar-refractivity contribution in [2.75, 3.05) is 5.32 Å². The fourth-order valence-corrected chi connectivity index (χ4v) is 3.17. The molecule has 4 rings (SSSR count). The van der Waals surface area contributed by atoms with Crippen LogP contribution in [0.15, 0.2) is 35.4 Å². The maximum Gasteiger partial charge on any atom is 0.261 e. The van der Waals surface area contributed by atoms with Crippen LogP contribution in [-0.2, 0) is 18.5 Å². The summed E-state index contributed by atoms with van der Waals surface area (Å²) in [5.41, 5.74) is 1.48. The number of nitrogens with one attached hydrogen (secondary N) is 1. The molecular formula is C19H21N5O2. The molecule has 0 saturated heterocycles. The zero-order valence-electron chi connectivity index (χ0n) is 15.1. The van der Waals surface area contributed by atoms with E-state index in [0.717, 1.165) is 18.7 Å². The van der Waals surface area contributed by atoms with Gasteiger partial charge in [-0.15, -0.1) is 0 Å². The molecule has 0 saturated carbocycles. The van der Waals surface area contributed by atoms with Gasteiger partial charge in [0, 0.05) is 24.8 Å². The molecule has 1 aliphatic heterocycles. The number of nitrogens with zero attached hydrogens (tertiary/aromatic N) is 4. The van der Waals surface area contributed by atoms with E-state index in [0.29, 0.717) is 28.7 Å². The minimum Gasteiger partial charge on any atom is -0.322 e. The minimum atomic E-state index is -0.255. The molecule has 0 radical (unpaired) electrons. The van der Waals surface area contributed by atoms with Crippen molar-refractivity contribution in [3.05, 3.63) is 52.3 Å². The first-order valence-corrected chi connectivity index (χ1v) is 8.73. The first kappa shape index (κ1) is 16.5. The third kappa shape index (κ3) is 2.79. The molecule has 134 valence electrons. The van der Waals surface area contributed by atoms with Gasteiger partial charge in [-0.25, -0.2) is 4.98 Å². The Morgan fingerprint density at radius 1 is 1.27 bits per heavy atom. The molecule has 1 amide bonds. The Morgan fingerprint density at radius 2 is 2.08 bits per heavy atom. The van der Waals surface area contributed by atoms with Crippen molar-refractivity contribution in [2.24, 2.45) is 0 Å². The van der Waals surface area contributed by atoms with Gasteiger partial charge in [0.25, 0.3) is 11.5 Å². The number of rotatable bonds is 2. The van der Waals surface area contributed by atoms with Crippen LogP contribution < -0.4 is 10.9 Å². The van der Waals surface area contributed by atoms with Gasteiger partial charge in [-0.2, -0.15) is 5.10 Å². The molecule has 26 heavy (non-hydrogen) atoms. The highest BCUT2D eigenvalue weighted by Gasteiger charge is 2.18. The number of benzene rings is 1. The number of aryl methyl sites for hydroxylation is 1. The van der Waals surface area contributed by atoms with E-state index in [4.69, 9.17) is 0 Å². The van der Waals surface area contributed by atoms with Crippen LogP contribution in [0.3, 0.4) is 0 Å². The zero-order chi connectivity index (χ0) is 18.5. The molecule has 7 heteroatoms. The molecule has 7 nitrogen and oxygen atoms in total. The van der Waals surface area contributed by atoms with Crippen molar-refractivity contribution < 1.29 is 4.79 Å². The van der Waals surface area contributed by atoms with Crippen LogP contribution in [0, 0.1) is 0 Å². The minimum absolute atomic E-state index is 0.0425. The topological polar surface area (TPSA) is 81.8 Å². The maximum atomic E-state index is 12.6. The van der Waals surface area contributed by atoms with Gasteiger partial charge in [0.15, 0.2) is 0 Å². The summed E-state index contributed by atoms with van der Waals surface area (Å²) in [7, 11) is 0. The summed E-state index contributed by atoms with van der Waals surface area (Å²) in [5, 5.41) is 7.61. The van der Waals surface area contributed by atoms with E-state index in [-0.39, 0.29) is 17.0 Å². The summed E-state index contributed by atoms with van der Waals surface area (Å²) >= 11 is 0. The quantitative estimate of drug-likeness (QED) is 0.769. The Balaban J connectivity index is 1.64. The Morgan fingerprint density at radius 3 is 2.81 bits per heavy atom. The lowest BCUT2D eigenvalue weighted by atomic mass is 10.1. The third-order valence-corrected chi connectivity index (χ3v) is 4.61. The van der Waals surface area contributed by atoms with E-state index in [1.807, 2.05) is 20.8 Å². The molecule has 0 atom stereocenters. The Hall–Kier alpha value is -2.96. The summed E-state index contributed by atoms with van der Waals surface area (Å²) < 4.78 is 3.48. The highest BCUT2D eigenvalue weighted by Crippen LogP contribution is 2.19. The normalized spacial score (nSPS) is 13.8. The van der Waals surface area contributed by atoms with E-state index in [2.05, 4.69) is 15.4 Å². The smallest absolute Gasteiger partial charge is 0.261 e. The SMILES string of the molecule is CC(C)(C)n1cc(C(=O)Nc2ccc3nc4n(c(=O)c3c2)CCC4)cn1. The van der Waals surface area contributed by atoms with Crippen molar-refractivity contribution in [1.82, 2.24) is 19.3 Å². The molecule has 2 aromatic heterocycles. The van der Waals surface area contributed by atoms with Crippen LogP contribution in [0.5, 0.6) is 0 Å². The van der Waals surface area contributed by atoms with Gasteiger partial charge in [-0.05, 0) is 45.4 Å². The molecule has 0 spiro atoms. The third-order valence-electron chi connectivity index (χ3n) is 4.61. The average molecular weight is 351 g/mol. The summed E-state index contributed by atoms with van der Waals surface area (Å²) in [6.07, 6.45) is 5.05. The van der Waals surface area contributed by atoms with E-state index in [9.17, 15) is 9.59 Å². The number of hydrogen-bond acceptors (Lipinski definition) is 4. The van der Waals surface area contributed by atoms with E-state index in [1.54, 1.807) is 39.8 Å². The molecule has 0 bridgehead atoms. The van der Waals surface area contributed by atoms with Crippen LogP contribution in [-0.4, -0.2) is 25.2 Å². The van der Waals surface area contributed by atoms with Crippen molar-refractivity contribution in [2.45, 2.75) is 45.7 Å². The van der Waals surface area contributed by atoms with Crippen molar-refractivity contribution >= 4 is 22.5 Å². The fourth-order valence-electron chi connectivity index (χ4n) is 3.17. The number of fused-ring (bicyclic) bond motifs is 2. The lowest BCUT2D eigenvalue weighted by Gasteiger charge is -2.18. The van der Waals surface area contributed by atoms with Crippen molar-refractivity contribution in [1.29, 1.82) is 0 Å². The van der Waals surface area contributed by atoms with Crippen LogP contribution >= 0.6 is 0 Å². The van der Waals surface area contributed by atoms with Crippen molar-refractivity contribution in [3.63, 3.8) is 0 Å². The average Bonchev–Trinajstić information content (AvgIpc) is 3.24. The van der Waals surface area contributed by atoms with E-state index >= 15 is 0 Å². The number of amides is 1. The van der Waals surface area contributed by atoms with Crippen LogP contribution in [0.25, 0.3) is 10.9 Å². The van der Waals surface area contributed by atoms with Gasteiger partial charge in [-0.1, -0.05) is 0 Å². The number of carbonyl (C=O) groups excluding carboxylic acids is 1. The Labute approximate surface area is 150 Å². The summed E-state index contributed by atoms with van der Waals surface area (Å²) in [4.78, 5) is 29.7. The molecule has 1 aromatic carbocycles. The summed E-state index contributed by atoms with van der Waals surface area (Å²) in [6, 6.07) is 5.25. The first-order valence-electron chi connectivity index (χ1n) is 8.73. The summed E-state index contributed by atoms with van der Waals surface area (Å²) in [5.74, 6) is 0.586. The summed E-state index contributed by atoms with van der Waals surface area (Å²) in [6.45, 7) is 6.76. The second-order valence-electron chi connectivity index (χ2n) is 7.62. The predicted octanol–water partition coefficient (Wildman–Crippen LogP) is 2.55. The van der Waals surface area contributed by atoms with Crippen LogP contribution in [0.1, 0.15) is 43.4 Å². The number of hydrogen-bond donors (Lipinski definition) is 1. The highest BCUT2D eigenvalue weighted by atomic mass is 16.1. The lowest BCUT2D eigenvalue weighted by molar-refractivity contribution is 0.102. The van der Waals surface area contributed by atoms with Gasteiger partial charge in [0.2, 0.25) is 0 Å². The first-order chi connectivity index (χ1) is 12.3. The molecule has 0 fully saturated rings. The van der Waals surface area contributed by atoms with E-state index in [1.165, 1.54) is 0 Å². The largest absolute Gasteiger partial charge is 0.322 e. The van der Waals surface area contributed by atoms with Crippen LogP contribution in [0.4, 0.5) is 5.69 Å². The zero-order valence-corrected chi connectivity index (χ0v) is 15.1. The Kier molecular flexibility index (Phi) is 3.68. The van der Waals surface area contributed by atoms with Gasteiger partial charge in [0.05, 0.1) is 28.2 Å². The molecule has 3 aromatic rings. The van der Waals surface area contributed by atoms with Gasteiger partial charge in [0.1, 0.15) is 5.82 Å². The number of carbonyl (C=O) groups is 1. The van der Waals surface area contributed by atoms with Gasteiger partial charge in [-0.3, -0.25) is 18.8 Å². The monoisotopic (exact) mass is 351 g/mol. The van der Waals surface area contributed by atoms with Crippen molar-refractivity contribution in [3.8, 4) is 0 Å². The standard InChI is InChI=1S/C19H21N5O2/c1-19(2,3)24-11-12(10-20-24)17(25)21-13-6-7-15-14(9-13)18(26)23-8-4-5-16(23)22-15/h6-7,9-11H,4-5,8H2,1-3H3,(H,21,25). The fraction of sp³-hybridized carbons (Fsp3) is 0.368. The molecular weight excluding hydrogens is 330 g/mol. The van der Waals surface area contributed by atoms with Crippen LogP contribution in [0.2, 0.25) is 0 Å². The number of aromatic nitrogens is 4. The van der Waals surface area contributed by atoms with Gasteiger partial charge < -0.3 is 5.32 Å².